The van der Waals surface area contributed by atoms with E-state index in [-0.39, 0.29) is 5.69 Å². The summed E-state index contributed by atoms with van der Waals surface area (Å²) >= 11 is 3.60. The summed E-state index contributed by atoms with van der Waals surface area (Å²) in [4.78, 5) is 14.8. The molecule has 0 bridgehead atoms. The molecular weight excluding hydrogens is 236 g/mol. The van der Waals surface area contributed by atoms with Crippen molar-refractivity contribution in [2.24, 2.45) is 0 Å². The van der Waals surface area contributed by atoms with Crippen LogP contribution in [0.3, 0.4) is 0 Å². The van der Waals surface area contributed by atoms with Crippen molar-refractivity contribution in [1.29, 1.82) is 0 Å². The number of rotatable bonds is 2. The highest BCUT2D eigenvalue weighted by Crippen LogP contribution is 2.11. The molecule has 0 fully saturated rings. The summed E-state index contributed by atoms with van der Waals surface area (Å²) in [6, 6.07) is 1.77. The Morgan fingerprint density at radius 2 is 2.33 bits per heavy atom. The minimum Gasteiger partial charge on any atom is -0.301 e. The van der Waals surface area contributed by atoms with Crippen LogP contribution in [0.25, 0.3) is 0 Å². The van der Waals surface area contributed by atoms with Crippen LogP contribution < -0.4 is 5.69 Å². The van der Waals surface area contributed by atoms with Gasteiger partial charge in [-0.3, -0.25) is 0 Å². The monoisotopic (exact) mass is 246 g/mol. The molecule has 0 spiro atoms. The molecule has 0 saturated heterocycles. The second kappa shape index (κ2) is 3.53. The van der Waals surface area contributed by atoms with Gasteiger partial charge in [0.2, 0.25) is 0 Å². The second-order valence-corrected chi connectivity index (χ2v) is 13.4. The highest BCUT2D eigenvalue weighted by atomic mass is 79.9. The fraction of sp³-hybridized carbons (Fsp3) is 0.429. The lowest BCUT2D eigenvalue weighted by Gasteiger charge is -2.13. The van der Waals surface area contributed by atoms with Crippen molar-refractivity contribution in [2.75, 3.05) is 0 Å². The Labute approximate surface area is 80.0 Å². The maximum absolute atomic E-state index is 11.2. The molecule has 0 N–H and O–H groups in total. The van der Waals surface area contributed by atoms with E-state index in [9.17, 15) is 4.79 Å². The van der Waals surface area contributed by atoms with Gasteiger partial charge in [0.25, 0.3) is 0 Å². The van der Waals surface area contributed by atoms with E-state index in [0.29, 0.717) is 0 Å². The largest absolute Gasteiger partial charge is 0.347 e. The van der Waals surface area contributed by atoms with Gasteiger partial charge in [0.1, 0.15) is 6.69 Å². The van der Waals surface area contributed by atoms with Crippen LogP contribution >= 0.6 is 15.3 Å². The molecule has 1 aromatic rings. The first-order valence-corrected chi connectivity index (χ1v) is 9.16. The Balaban J connectivity index is 2.91. The first kappa shape index (κ1) is 9.66. The van der Waals surface area contributed by atoms with Crippen LogP contribution in [0.15, 0.2) is 23.3 Å². The van der Waals surface area contributed by atoms with E-state index in [0.717, 1.165) is 6.17 Å². The van der Waals surface area contributed by atoms with Crippen molar-refractivity contribution in [3.63, 3.8) is 0 Å². The number of aromatic nitrogens is 2. The van der Waals surface area contributed by atoms with Gasteiger partial charge >= 0.3 is 5.69 Å². The molecule has 0 unspecified atom stereocenters. The molecule has 0 aliphatic heterocycles. The maximum atomic E-state index is 11.2. The molecule has 12 heavy (non-hydrogen) atoms. The molecule has 0 aromatic carbocycles. The Morgan fingerprint density at radius 3 is 2.83 bits per heavy atom. The summed E-state index contributed by atoms with van der Waals surface area (Å²) < 4.78 is 1.64. The van der Waals surface area contributed by atoms with Gasteiger partial charge in [0.05, 0.1) is 0 Å². The third kappa shape index (κ3) is 2.90. The van der Waals surface area contributed by atoms with Gasteiger partial charge in [-0.25, -0.2) is 9.78 Å². The molecule has 3 nitrogen and oxygen atoms in total. The first-order chi connectivity index (χ1) is 5.49. The Morgan fingerprint density at radius 1 is 1.67 bits per heavy atom. The van der Waals surface area contributed by atoms with Gasteiger partial charge in [-0.15, -0.1) is 15.3 Å². The minimum absolute atomic E-state index is 0.169. The van der Waals surface area contributed by atoms with E-state index < -0.39 is 6.69 Å². The van der Waals surface area contributed by atoms with Crippen LogP contribution in [0.1, 0.15) is 0 Å². The fourth-order valence-electron chi connectivity index (χ4n) is 0.913. The second-order valence-electron chi connectivity index (χ2n) is 3.25. The lowest BCUT2D eigenvalue weighted by molar-refractivity contribution is 0.773. The van der Waals surface area contributed by atoms with E-state index in [4.69, 9.17) is 0 Å². The smallest absolute Gasteiger partial charge is 0.301 e. The van der Waals surface area contributed by atoms with Gasteiger partial charge in [0.15, 0.2) is 0 Å². The molecule has 0 atom stereocenters. The number of hydrogen-bond donors (Lipinski definition) is 0. The van der Waals surface area contributed by atoms with E-state index >= 15 is 0 Å². The van der Waals surface area contributed by atoms with E-state index in [1.165, 1.54) is 6.20 Å². The van der Waals surface area contributed by atoms with Crippen LogP contribution in [0.5, 0.6) is 0 Å². The van der Waals surface area contributed by atoms with Crippen LogP contribution in [0.2, 0.25) is 13.1 Å². The van der Waals surface area contributed by atoms with Gasteiger partial charge in [-0.1, -0.05) is 13.1 Å². The minimum atomic E-state index is -1.39. The van der Waals surface area contributed by atoms with Crippen molar-refractivity contribution >= 4 is 22.0 Å². The summed E-state index contributed by atoms with van der Waals surface area (Å²) in [7, 11) is 0. The van der Waals surface area contributed by atoms with Crippen LogP contribution in [-0.4, -0.2) is 16.2 Å². The van der Waals surface area contributed by atoms with Crippen molar-refractivity contribution < 1.29 is 0 Å². The van der Waals surface area contributed by atoms with Gasteiger partial charge in [0, 0.05) is 18.6 Å². The number of nitrogens with zero attached hydrogens (tertiary/aromatic N) is 2. The maximum Gasteiger partial charge on any atom is 0.347 e. The molecule has 1 aromatic heterocycles. The molecule has 0 aliphatic rings. The fourth-order valence-corrected chi connectivity index (χ4v) is 2.77. The average molecular weight is 247 g/mol. The van der Waals surface area contributed by atoms with Crippen molar-refractivity contribution in [3.8, 4) is 0 Å². The first-order valence-electron chi connectivity index (χ1n) is 3.69. The van der Waals surface area contributed by atoms with E-state index in [1.807, 2.05) is 0 Å². The zero-order valence-corrected chi connectivity index (χ0v) is 9.71. The summed E-state index contributed by atoms with van der Waals surface area (Å²) in [6.45, 7) is 2.90. The van der Waals surface area contributed by atoms with Gasteiger partial charge in [-0.05, 0) is 6.07 Å². The highest BCUT2D eigenvalue weighted by Gasteiger charge is 2.17. The van der Waals surface area contributed by atoms with E-state index in [2.05, 4.69) is 33.4 Å². The standard InChI is InChI=1S/C7H11BrN2OSi/c1-12(2,8)6-10-5-3-4-9-7(10)11/h3-5H,6H2,1-2H3. The highest BCUT2D eigenvalue weighted by molar-refractivity contribution is 9.26. The summed E-state index contributed by atoms with van der Waals surface area (Å²) in [5.74, 6) is 0. The summed E-state index contributed by atoms with van der Waals surface area (Å²) in [5.41, 5.74) is -0.169. The van der Waals surface area contributed by atoms with Crippen molar-refractivity contribution in [1.82, 2.24) is 9.55 Å². The topological polar surface area (TPSA) is 34.9 Å². The lowest BCUT2D eigenvalue weighted by atomic mass is 10.7. The summed E-state index contributed by atoms with van der Waals surface area (Å²) in [5, 5.41) is 0. The molecule has 66 valence electrons. The molecular formula is C7H11BrN2OSi. The number of halogens is 1. The predicted octanol–water partition coefficient (Wildman–Crippen LogP) is 1.38. The molecule has 0 amide bonds. The normalized spacial score (nSPS) is 11.6. The third-order valence-electron chi connectivity index (χ3n) is 1.33. The molecule has 5 heteroatoms. The average Bonchev–Trinajstić information content (AvgIpc) is 1.91. The zero-order valence-electron chi connectivity index (χ0n) is 7.12. The van der Waals surface area contributed by atoms with Crippen molar-refractivity contribution in [2.45, 2.75) is 19.3 Å². The molecule has 0 saturated carbocycles. The number of hydrogen-bond acceptors (Lipinski definition) is 2. The molecule has 0 aliphatic carbocycles. The van der Waals surface area contributed by atoms with Gasteiger partial charge in [-0.2, -0.15) is 0 Å². The predicted molar refractivity (Wildman–Crippen MR) is 54.9 cm³/mol. The van der Waals surface area contributed by atoms with Crippen LogP contribution in [-0.2, 0) is 6.17 Å². The Bertz CT molecular complexity index is 318. The van der Waals surface area contributed by atoms with Crippen LogP contribution in [0, 0.1) is 0 Å². The van der Waals surface area contributed by atoms with Crippen molar-refractivity contribution in [3.05, 3.63) is 28.9 Å². The Kier molecular flexibility index (Phi) is 2.84. The lowest BCUT2D eigenvalue weighted by Crippen LogP contribution is -2.32. The van der Waals surface area contributed by atoms with Gasteiger partial charge < -0.3 is 4.57 Å². The quantitative estimate of drug-likeness (QED) is 0.584. The summed E-state index contributed by atoms with van der Waals surface area (Å²) in [6.07, 6.45) is 4.05. The Hall–Kier alpha value is -0.423. The molecule has 0 radical (unpaired) electrons. The van der Waals surface area contributed by atoms with Crippen LogP contribution in [0.4, 0.5) is 0 Å². The molecule has 1 heterocycles. The van der Waals surface area contributed by atoms with E-state index in [1.54, 1.807) is 16.8 Å². The molecule has 1 rings (SSSR count). The zero-order chi connectivity index (χ0) is 9.19. The third-order valence-corrected chi connectivity index (χ3v) is 3.17. The SMILES string of the molecule is C[Si](C)(Br)Cn1cccnc1=O.